The second-order valence-corrected chi connectivity index (χ2v) is 7.77. The SMILES string of the molecule is CC(C)NCC(COc1cccc2[nH]ccc12)OC(=O)Nc1c[n+](N2CCOCC2)no1. The predicted molar refractivity (Wildman–Crippen MR) is 116 cm³/mol. The van der Waals surface area contributed by atoms with Gasteiger partial charge in [-0.3, -0.25) is 9.84 Å². The average Bonchev–Trinajstić information content (AvgIpc) is 3.46. The molecular weight excluding hydrogens is 416 g/mol. The first-order chi connectivity index (χ1) is 15.6. The molecule has 1 aromatic carbocycles. The maximum absolute atomic E-state index is 12.5. The van der Waals surface area contributed by atoms with Crippen molar-refractivity contribution in [2.75, 3.05) is 49.8 Å². The average molecular weight is 446 g/mol. The number of hydrogen-bond acceptors (Lipinski definition) is 8. The summed E-state index contributed by atoms with van der Waals surface area (Å²) < 4.78 is 22.1. The minimum absolute atomic E-state index is 0.190. The molecule has 11 nitrogen and oxygen atoms in total. The van der Waals surface area contributed by atoms with E-state index in [1.807, 2.05) is 49.3 Å². The summed E-state index contributed by atoms with van der Waals surface area (Å²) in [6, 6.07) is 7.97. The summed E-state index contributed by atoms with van der Waals surface area (Å²) >= 11 is 0. The molecule has 0 aliphatic carbocycles. The molecule has 0 spiro atoms. The van der Waals surface area contributed by atoms with Crippen LogP contribution in [0.1, 0.15) is 13.8 Å². The molecule has 0 saturated carbocycles. The summed E-state index contributed by atoms with van der Waals surface area (Å²) in [7, 11) is 0. The molecule has 0 bridgehead atoms. The Balaban J connectivity index is 1.34. The number of H-pyrrole nitrogens is 1. The first-order valence-corrected chi connectivity index (χ1v) is 10.7. The summed E-state index contributed by atoms with van der Waals surface area (Å²) in [6.45, 7) is 7.30. The number of aromatic nitrogens is 3. The molecule has 32 heavy (non-hydrogen) atoms. The number of amides is 1. The van der Waals surface area contributed by atoms with Gasteiger partial charge in [0, 0.05) is 29.7 Å². The highest BCUT2D eigenvalue weighted by Crippen LogP contribution is 2.24. The van der Waals surface area contributed by atoms with Crippen molar-refractivity contribution in [1.82, 2.24) is 15.6 Å². The van der Waals surface area contributed by atoms with Gasteiger partial charge in [0.15, 0.2) is 0 Å². The highest BCUT2D eigenvalue weighted by Gasteiger charge is 2.25. The van der Waals surface area contributed by atoms with Crippen LogP contribution in [0.15, 0.2) is 41.2 Å². The fourth-order valence-electron chi connectivity index (χ4n) is 3.33. The third kappa shape index (κ3) is 5.68. The minimum Gasteiger partial charge on any atom is -0.489 e. The van der Waals surface area contributed by atoms with Gasteiger partial charge in [-0.05, 0) is 18.2 Å². The molecule has 172 valence electrons. The van der Waals surface area contributed by atoms with Crippen molar-refractivity contribution < 1.29 is 28.3 Å². The van der Waals surface area contributed by atoms with Gasteiger partial charge in [0.1, 0.15) is 18.5 Å². The predicted octanol–water partition coefficient (Wildman–Crippen LogP) is 1.41. The number of carbonyl (C=O) groups excluding carboxylic acids is 1. The molecule has 0 radical (unpaired) electrons. The van der Waals surface area contributed by atoms with Crippen molar-refractivity contribution in [1.29, 1.82) is 0 Å². The van der Waals surface area contributed by atoms with Gasteiger partial charge >= 0.3 is 12.0 Å². The van der Waals surface area contributed by atoms with Crippen molar-refractivity contribution >= 4 is 22.9 Å². The summed E-state index contributed by atoms with van der Waals surface area (Å²) in [5.41, 5.74) is 0.983. The molecule has 1 unspecified atom stereocenters. The fourth-order valence-corrected chi connectivity index (χ4v) is 3.33. The van der Waals surface area contributed by atoms with Crippen molar-refractivity contribution in [3.8, 4) is 5.75 Å². The Kier molecular flexibility index (Phi) is 7.07. The van der Waals surface area contributed by atoms with Crippen LogP contribution in [-0.4, -0.2) is 67.9 Å². The fraction of sp³-hybridized carbons (Fsp3) is 0.476. The maximum Gasteiger partial charge on any atom is 0.414 e. The van der Waals surface area contributed by atoms with Crippen LogP contribution >= 0.6 is 0 Å². The monoisotopic (exact) mass is 445 g/mol. The highest BCUT2D eigenvalue weighted by atomic mass is 16.6. The molecule has 2 aromatic heterocycles. The van der Waals surface area contributed by atoms with Crippen molar-refractivity contribution in [3.05, 3.63) is 36.7 Å². The lowest BCUT2D eigenvalue weighted by atomic mass is 10.2. The van der Waals surface area contributed by atoms with E-state index in [2.05, 4.69) is 20.9 Å². The molecule has 1 aliphatic rings. The van der Waals surface area contributed by atoms with E-state index in [0.29, 0.717) is 32.8 Å². The largest absolute Gasteiger partial charge is 0.489 e. The number of aromatic amines is 1. The number of anilines is 1. The zero-order valence-electron chi connectivity index (χ0n) is 18.2. The van der Waals surface area contributed by atoms with Gasteiger partial charge in [-0.2, -0.15) is 0 Å². The van der Waals surface area contributed by atoms with E-state index in [0.717, 1.165) is 16.7 Å². The first-order valence-electron chi connectivity index (χ1n) is 10.7. The Morgan fingerprint density at radius 3 is 2.97 bits per heavy atom. The van der Waals surface area contributed by atoms with E-state index in [1.165, 1.54) is 0 Å². The number of morpholine rings is 1. The van der Waals surface area contributed by atoms with Gasteiger partial charge in [-0.15, -0.1) is 5.01 Å². The van der Waals surface area contributed by atoms with Crippen molar-refractivity contribution in [2.24, 2.45) is 0 Å². The second-order valence-electron chi connectivity index (χ2n) is 7.77. The number of nitrogens with one attached hydrogen (secondary N) is 3. The van der Waals surface area contributed by atoms with E-state index in [4.69, 9.17) is 18.7 Å². The zero-order chi connectivity index (χ0) is 22.3. The van der Waals surface area contributed by atoms with Gasteiger partial charge in [0.2, 0.25) is 5.27 Å². The molecular formula is C21H29N6O5+. The summed E-state index contributed by atoms with van der Waals surface area (Å²) in [6.07, 6.45) is 2.30. The van der Waals surface area contributed by atoms with Gasteiger partial charge in [-0.1, -0.05) is 19.9 Å². The van der Waals surface area contributed by atoms with Crippen LogP contribution in [0.5, 0.6) is 5.75 Å². The molecule has 1 saturated heterocycles. The van der Waals surface area contributed by atoms with Gasteiger partial charge < -0.3 is 24.5 Å². The number of hydrogen-bond donors (Lipinski definition) is 3. The first kappa shape index (κ1) is 21.9. The van der Waals surface area contributed by atoms with Crippen LogP contribution in [0.4, 0.5) is 10.7 Å². The number of carbonyl (C=O) groups is 1. The Bertz CT molecular complexity index is 1010. The number of nitrogens with zero attached hydrogens (tertiary/aromatic N) is 3. The third-order valence-electron chi connectivity index (χ3n) is 4.97. The van der Waals surface area contributed by atoms with Crippen LogP contribution in [0.2, 0.25) is 0 Å². The van der Waals surface area contributed by atoms with Gasteiger partial charge in [0.25, 0.3) is 6.20 Å². The minimum atomic E-state index is -0.644. The molecule has 1 atom stereocenters. The second kappa shape index (κ2) is 10.3. The maximum atomic E-state index is 12.5. The van der Waals surface area contributed by atoms with Crippen LogP contribution in [0.3, 0.4) is 0 Å². The van der Waals surface area contributed by atoms with Crippen LogP contribution < -0.4 is 25.2 Å². The van der Waals surface area contributed by atoms with Crippen LogP contribution in [0, 0.1) is 0 Å². The standard InChI is InChI=1S/C21H28N6O5/c1-15(2)23-12-16(14-30-19-5-3-4-18-17(19)6-7-22-18)31-21(28)24-20-13-27(25-32-20)26-8-10-29-11-9-26/h3-7,13,15-16,22-23H,8-12,14H2,1-2H3/p+1. The van der Waals surface area contributed by atoms with E-state index >= 15 is 0 Å². The lowest BCUT2D eigenvalue weighted by molar-refractivity contribution is -0.759. The number of benzene rings is 1. The number of ether oxygens (including phenoxy) is 3. The molecule has 3 heterocycles. The van der Waals surface area contributed by atoms with Crippen molar-refractivity contribution in [3.63, 3.8) is 0 Å². The van der Waals surface area contributed by atoms with Crippen LogP contribution in [0.25, 0.3) is 10.9 Å². The Hall–Kier alpha value is -3.31. The molecule has 11 heteroatoms. The molecule has 3 aromatic rings. The Morgan fingerprint density at radius 1 is 1.31 bits per heavy atom. The molecule has 1 fully saturated rings. The Morgan fingerprint density at radius 2 is 2.16 bits per heavy atom. The van der Waals surface area contributed by atoms with E-state index in [1.54, 1.807) is 11.0 Å². The molecule has 4 rings (SSSR count). The smallest absolute Gasteiger partial charge is 0.414 e. The lowest BCUT2D eigenvalue weighted by Crippen LogP contribution is -2.62. The Labute approximate surface area is 185 Å². The molecule has 1 amide bonds. The lowest BCUT2D eigenvalue weighted by Gasteiger charge is -2.20. The summed E-state index contributed by atoms with van der Waals surface area (Å²) in [5, 5.41) is 12.7. The third-order valence-corrected chi connectivity index (χ3v) is 4.97. The number of fused-ring (bicyclic) bond motifs is 1. The van der Waals surface area contributed by atoms with Gasteiger partial charge in [-0.25, -0.2) is 4.79 Å². The quantitative estimate of drug-likeness (QED) is 0.423. The number of rotatable bonds is 9. The highest BCUT2D eigenvalue weighted by molar-refractivity contribution is 5.85. The van der Waals surface area contributed by atoms with E-state index in [-0.39, 0.29) is 18.5 Å². The zero-order valence-corrected chi connectivity index (χ0v) is 18.2. The summed E-state index contributed by atoms with van der Waals surface area (Å²) in [5.74, 6) is 0.916. The van der Waals surface area contributed by atoms with E-state index in [9.17, 15) is 4.79 Å². The topological polar surface area (TPSA) is 118 Å². The molecule has 1 aliphatic heterocycles. The van der Waals surface area contributed by atoms with Gasteiger partial charge in [0.05, 0.1) is 31.1 Å². The van der Waals surface area contributed by atoms with Crippen LogP contribution in [-0.2, 0) is 9.47 Å². The molecule has 3 N–H and O–H groups in total. The summed E-state index contributed by atoms with van der Waals surface area (Å²) in [4.78, 5) is 17.2. The van der Waals surface area contributed by atoms with E-state index < -0.39 is 12.2 Å². The normalized spacial score (nSPS) is 15.2. The van der Waals surface area contributed by atoms with Crippen molar-refractivity contribution in [2.45, 2.75) is 26.0 Å².